The number of benzene rings is 1. The smallest absolute Gasteiger partial charge is 0.229 e. The molecule has 5 rings (SSSR count). The van der Waals surface area contributed by atoms with Crippen molar-refractivity contribution in [2.75, 3.05) is 10.6 Å². The van der Waals surface area contributed by atoms with Crippen molar-refractivity contribution in [3.05, 3.63) is 60.0 Å². The third kappa shape index (κ3) is 4.17. The van der Waals surface area contributed by atoms with Crippen molar-refractivity contribution >= 4 is 17.5 Å². The Labute approximate surface area is 188 Å². The van der Waals surface area contributed by atoms with Crippen LogP contribution < -0.4 is 10.6 Å². The molecule has 1 saturated carbocycles. The van der Waals surface area contributed by atoms with Gasteiger partial charge in [-0.1, -0.05) is 51.3 Å². The summed E-state index contributed by atoms with van der Waals surface area (Å²) in [5, 5.41) is 16.1. The van der Waals surface area contributed by atoms with Gasteiger partial charge in [0.2, 0.25) is 11.9 Å². The molecule has 0 atom stereocenters. The number of nitrogens with zero attached hydrogens (tertiary/aromatic N) is 6. The maximum atomic E-state index is 4.85. The van der Waals surface area contributed by atoms with Crippen LogP contribution in [0.3, 0.4) is 0 Å². The van der Waals surface area contributed by atoms with Crippen LogP contribution in [0.2, 0.25) is 0 Å². The lowest BCUT2D eigenvalue weighted by Crippen LogP contribution is -2.24. The molecule has 8 heteroatoms. The molecule has 0 saturated heterocycles. The molecule has 1 aromatic carbocycles. The number of fused-ring (bicyclic) bond motifs is 1. The van der Waals surface area contributed by atoms with E-state index < -0.39 is 0 Å². The van der Waals surface area contributed by atoms with Crippen molar-refractivity contribution in [2.24, 2.45) is 0 Å². The zero-order valence-electron chi connectivity index (χ0n) is 18.7. The Bertz CT molecular complexity index is 1170. The molecule has 0 unspecified atom stereocenters. The van der Waals surface area contributed by atoms with E-state index in [1.165, 1.54) is 32.1 Å². The number of hydrogen-bond acceptors (Lipinski definition) is 6. The Balaban J connectivity index is 1.46. The van der Waals surface area contributed by atoms with Gasteiger partial charge < -0.3 is 10.6 Å². The Kier molecular flexibility index (Phi) is 5.75. The van der Waals surface area contributed by atoms with Gasteiger partial charge in [0.1, 0.15) is 0 Å². The number of para-hydroxylation sites is 1. The lowest BCUT2D eigenvalue weighted by atomic mass is 9.96. The van der Waals surface area contributed by atoms with Gasteiger partial charge in [-0.05, 0) is 36.5 Å². The van der Waals surface area contributed by atoms with Gasteiger partial charge in [0.25, 0.3) is 0 Å². The lowest BCUT2D eigenvalue weighted by Gasteiger charge is -2.23. The molecule has 1 aliphatic carbocycles. The predicted octanol–water partition coefficient (Wildman–Crippen LogP) is 4.79. The van der Waals surface area contributed by atoms with Crippen molar-refractivity contribution < 1.29 is 0 Å². The first-order chi connectivity index (χ1) is 15.7. The molecular weight excluding hydrogens is 400 g/mol. The van der Waals surface area contributed by atoms with E-state index in [-0.39, 0.29) is 0 Å². The highest BCUT2D eigenvalue weighted by Crippen LogP contribution is 2.25. The second kappa shape index (κ2) is 8.98. The molecule has 0 spiro atoms. The van der Waals surface area contributed by atoms with E-state index in [4.69, 9.17) is 9.97 Å². The third-order valence-electron chi connectivity index (χ3n) is 6.14. The summed E-state index contributed by atoms with van der Waals surface area (Å²) in [6.45, 7) is 4.93. The summed E-state index contributed by atoms with van der Waals surface area (Å²) in [5.74, 6) is 1.70. The summed E-state index contributed by atoms with van der Waals surface area (Å²) in [4.78, 5) is 9.67. The van der Waals surface area contributed by atoms with Crippen LogP contribution in [0.25, 0.3) is 11.3 Å². The molecule has 0 aliphatic heterocycles. The summed E-state index contributed by atoms with van der Waals surface area (Å²) in [6, 6.07) is 10.6. The van der Waals surface area contributed by atoms with Crippen LogP contribution in [0.5, 0.6) is 0 Å². The molecule has 0 bridgehead atoms. The molecular formula is C24H30N8. The molecule has 1 aliphatic rings. The molecule has 3 heterocycles. The minimum atomic E-state index is 0.332. The molecule has 3 aromatic heterocycles. The van der Waals surface area contributed by atoms with Crippen LogP contribution in [0, 0.1) is 0 Å². The predicted molar refractivity (Wildman–Crippen MR) is 126 cm³/mol. The van der Waals surface area contributed by atoms with Crippen molar-refractivity contribution in [3.63, 3.8) is 0 Å². The zero-order valence-corrected chi connectivity index (χ0v) is 18.7. The Hall–Kier alpha value is -3.42. The molecule has 8 nitrogen and oxygen atoms in total. The van der Waals surface area contributed by atoms with Gasteiger partial charge in [0.05, 0.1) is 11.9 Å². The van der Waals surface area contributed by atoms with E-state index in [0.29, 0.717) is 30.4 Å². The highest BCUT2D eigenvalue weighted by molar-refractivity contribution is 5.56. The fraction of sp³-hybridized carbons (Fsp3) is 0.417. The average molecular weight is 431 g/mol. The molecule has 0 radical (unpaired) electrons. The summed E-state index contributed by atoms with van der Waals surface area (Å²) in [6.07, 6.45) is 11.8. The van der Waals surface area contributed by atoms with E-state index in [1.54, 1.807) is 6.20 Å². The number of nitrogens with one attached hydrogen (secondary N) is 2. The normalized spacial score (nSPS) is 14.8. The minimum Gasteiger partial charge on any atom is -0.351 e. The van der Waals surface area contributed by atoms with Gasteiger partial charge in [-0.3, -0.25) is 0 Å². The topological polar surface area (TPSA) is 85.0 Å². The fourth-order valence-electron chi connectivity index (χ4n) is 4.38. The van der Waals surface area contributed by atoms with Crippen LogP contribution in [-0.2, 0) is 6.54 Å². The van der Waals surface area contributed by atoms with E-state index in [1.807, 2.05) is 39.8 Å². The molecule has 1 fully saturated rings. The van der Waals surface area contributed by atoms with Crippen LogP contribution in [-0.4, -0.2) is 35.4 Å². The molecule has 0 amide bonds. The van der Waals surface area contributed by atoms with E-state index in [2.05, 4.69) is 46.8 Å². The first-order valence-corrected chi connectivity index (χ1v) is 11.5. The molecule has 2 N–H and O–H groups in total. The summed E-state index contributed by atoms with van der Waals surface area (Å²) in [7, 11) is 0. The minimum absolute atomic E-state index is 0.332. The highest BCUT2D eigenvalue weighted by Gasteiger charge is 2.19. The van der Waals surface area contributed by atoms with E-state index in [9.17, 15) is 0 Å². The third-order valence-corrected chi connectivity index (χ3v) is 6.14. The maximum absolute atomic E-state index is 4.85. The van der Waals surface area contributed by atoms with Crippen LogP contribution in [0.4, 0.5) is 11.9 Å². The quantitative estimate of drug-likeness (QED) is 0.438. The number of hydrogen-bond donors (Lipinski definition) is 2. The Morgan fingerprint density at radius 2 is 1.88 bits per heavy atom. The van der Waals surface area contributed by atoms with Gasteiger partial charge in [0, 0.05) is 30.5 Å². The number of anilines is 2. The van der Waals surface area contributed by atoms with Crippen molar-refractivity contribution in [2.45, 2.75) is 64.5 Å². The first kappa shape index (κ1) is 20.5. The second-order valence-corrected chi connectivity index (χ2v) is 8.77. The monoisotopic (exact) mass is 430 g/mol. The molecule has 4 aromatic rings. The van der Waals surface area contributed by atoms with Crippen LogP contribution >= 0.6 is 0 Å². The second-order valence-electron chi connectivity index (χ2n) is 8.77. The van der Waals surface area contributed by atoms with Gasteiger partial charge in [-0.15, -0.1) is 0 Å². The maximum Gasteiger partial charge on any atom is 0.229 e. The Morgan fingerprint density at radius 1 is 1.03 bits per heavy atom. The standard InChI is InChI=1S/C24H30N8/c1-17(2)20-16-27-32-22(20)29-23(28-19-10-4-3-5-11-19)30-24(32)25-15-18-9-6-7-12-21(18)31-14-8-13-26-31/h6-9,12-14,16-17,19H,3-5,10-11,15H2,1-2H3,(H2,25,28,29,30). The molecule has 32 heavy (non-hydrogen) atoms. The molecule has 166 valence electrons. The van der Waals surface area contributed by atoms with Crippen LogP contribution in [0.15, 0.2) is 48.9 Å². The van der Waals surface area contributed by atoms with E-state index >= 15 is 0 Å². The van der Waals surface area contributed by atoms with Gasteiger partial charge in [-0.25, -0.2) is 4.68 Å². The summed E-state index contributed by atoms with van der Waals surface area (Å²) >= 11 is 0. The van der Waals surface area contributed by atoms with Gasteiger partial charge in [0.15, 0.2) is 5.65 Å². The van der Waals surface area contributed by atoms with Gasteiger partial charge >= 0.3 is 0 Å². The summed E-state index contributed by atoms with van der Waals surface area (Å²) in [5.41, 5.74) is 4.15. The Morgan fingerprint density at radius 3 is 2.66 bits per heavy atom. The largest absolute Gasteiger partial charge is 0.351 e. The van der Waals surface area contributed by atoms with Crippen molar-refractivity contribution in [1.29, 1.82) is 0 Å². The fourth-order valence-corrected chi connectivity index (χ4v) is 4.38. The zero-order chi connectivity index (χ0) is 21.9. The number of rotatable bonds is 7. The summed E-state index contributed by atoms with van der Waals surface area (Å²) < 4.78 is 3.70. The van der Waals surface area contributed by atoms with Crippen molar-refractivity contribution in [1.82, 2.24) is 29.4 Å². The highest BCUT2D eigenvalue weighted by atomic mass is 15.4. The van der Waals surface area contributed by atoms with Crippen LogP contribution in [0.1, 0.15) is 63.0 Å². The van der Waals surface area contributed by atoms with Crippen molar-refractivity contribution in [3.8, 4) is 5.69 Å². The van der Waals surface area contributed by atoms with E-state index in [0.717, 1.165) is 22.5 Å². The average Bonchev–Trinajstić information content (AvgIpc) is 3.49. The lowest BCUT2D eigenvalue weighted by molar-refractivity contribution is 0.461. The first-order valence-electron chi connectivity index (χ1n) is 11.5. The number of aromatic nitrogens is 6. The van der Waals surface area contributed by atoms with Gasteiger partial charge in [-0.2, -0.15) is 24.7 Å². The SMILES string of the molecule is CC(C)c1cnn2c(NCc3ccccc3-n3cccn3)nc(NC3CCCCC3)nc12.